The van der Waals surface area contributed by atoms with Crippen LogP contribution in [0.5, 0.6) is 0 Å². The van der Waals surface area contributed by atoms with E-state index in [1.165, 1.54) is 16.7 Å². The Morgan fingerprint density at radius 1 is 0.900 bits per heavy atom. The summed E-state index contributed by atoms with van der Waals surface area (Å²) < 4.78 is 0. The van der Waals surface area contributed by atoms with Crippen molar-refractivity contribution < 1.29 is 0 Å². The number of nitrogens with one attached hydrogen (secondary N) is 1. The van der Waals surface area contributed by atoms with Gasteiger partial charge in [0.05, 0.1) is 0 Å². The van der Waals surface area contributed by atoms with Crippen LogP contribution in [0.4, 0.5) is 0 Å². The molecule has 1 nitrogen and oxygen atoms in total. The molecule has 0 saturated carbocycles. The smallest absolute Gasteiger partial charge is 0.0406 e. The van der Waals surface area contributed by atoms with Crippen LogP contribution in [0, 0.1) is 12.8 Å². The van der Waals surface area contributed by atoms with Gasteiger partial charge in [-0.1, -0.05) is 53.6 Å². The molecular weight excluding hydrogens is 266 g/mol. The molecule has 0 fully saturated rings. The van der Waals surface area contributed by atoms with Gasteiger partial charge in [0.15, 0.2) is 0 Å². The molecule has 1 unspecified atom stereocenters. The second kappa shape index (κ2) is 7.47. The van der Waals surface area contributed by atoms with Gasteiger partial charge in [0.1, 0.15) is 0 Å². The van der Waals surface area contributed by atoms with Crippen molar-refractivity contribution in [2.75, 3.05) is 13.6 Å². The van der Waals surface area contributed by atoms with Crippen molar-refractivity contribution in [1.29, 1.82) is 0 Å². The molecule has 0 heterocycles. The highest BCUT2D eigenvalue weighted by molar-refractivity contribution is 6.30. The predicted molar refractivity (Wildman–Crippen MR) is 87.5 cm³/mol. The Morgan fingerprint density at radius 3 is 1.90 bits per heavy atom. The topological polar surface area (TPSA) is 12.0 Å². The van der Waals surface area contributed by atoms with Gasteiger partial charge in [0.2, 0.25) is 0 Å². The number of halogens is 1. The number of hydrogen-bond acceptors (Lipinski definition) is 1. The zero-order chi connectivity index (χ0) is 14.4. The first-order valence-electron chi connectivity index (χ1n) is 7.12. The van der Waals surface area contributed by atoms with Crippen molar-refractivity contribution in [3.05, 3.63) is 70.2 Å². The lowest BCUT2D eigenvalue weighted by Gasteiger charge is -2.17. The molecule has 0 amide bonds. The van der Waals surface area contributed by atoms with Gasteiger partial charge < -0.3 is 5.32 Å². The van der Waals surface area contributed by atoms with Crippen molar-refractivity contribution in [1.82, 2.24) is 5.32 Å². The molecule has 0 spiro atoms. The Balaban J connectivity index is 2.02. The Bertz CT molecular complexity index is 469. The zero-order valence-electron chi connectivity index (χ0n) is 12.2. The molecule has 0 aromatic heterocycles. The Kier molecular flexibility index (Phi) is 5.63. The van der Waals surface area contributed by atoms with Crippen LogP contribution in [0.3, 0.4) is 0 Å². The van der Waals surface area contributed by atoms with Gasteiger partial charge >= 0.3 is 0 Å². The van der Waals surface area contributed by atoms with E-state index in [2.05, 4.69) is 48.6 Å². The average molecular weight is 288 g/mol. The molecule has 2 aromatic carbocycles. The van der Waals surface area contributed by atoms with E-state index in [1.807, 2.05) is 19.2 Å². The molecule has 0 radical (unpaired) electrons. The highest BCUT2D eigenvalue weighted by atomic mass is 35.5. The molecule has 2 aromatic rings. The van der Waals surface area contributed by atoms with E-state index in [9.17, 15) is 0 Å². The van der Waals surface area contributed by atoms with Crippen LogP contribution in [-0.4, -0.2) is 13.6 Å². The molecule has 0 saturated heterocycles. The molecule has 2 heteroatoms. The van der Waals surface area contributed by atoms with Crippen molar-refractivity contribution in [2.24, 2.45) is 5.92 Å². The summed E-state index contributed by atoms with van der Waals surface area (Å²) in [4.78, 5) is 0. The fourth-order valence-corrected chi connectivity index (χ4v) is 2.64. The zero-order valence-corrected chi connectivity index (χ0v) is 13.0. The fraction of sp³-hybridized carbons (Fsp3) is 0.333. The summed E-state index contributed by atoms with van der Waals surface area (Å²) in [5.41, 5.74) is 4.07. The minimum atomic E-state index is 0.601. The molecular formula is C18H22ClN. The Morgan fingerprint density at radius 2 is 1.40 bits per heavy atom. The minimum absolute atomic E-state index is 0.601. The quantitative estimate of drug-likeness (QED) is 0.837. The first-order chi connectivity index (χ1) is 9.67. The van der Waals surface area contributed by atoms with Gasteiger partial charge in [-0.05, 0) is 62.5 Å². The van der Waals surface area contributed by atoms with E-state index >= 15 is 0 Å². The maximum Gasteiger partial charge on any atom is 0.0406 e. The largest absolute Gasteiger partial charge is 0.319 e. The lowest BCUT2D eigenvalue weighted by Crippen LogP contribution is -2.22. The summed E-state index contributed by atoms with van der Waals surface area (Å²) in [5.74, 6) is 0.601. The molecule has 2 rings (SSSR count). The van der Waals surface area contributed by atoms with Gasteiger partial charge in [0.25, 0.3) is 0 Å². The van der Waals surface area contributed by atoms with Crippen LogP contribution < -0.4 is 5.32 Å². The molecule has 1 atom stereocenters. The summed E-state index contributed by atoms with van der Waals surface area (Å²) in [7, 11) is 2.02. The van der Waals surface area contributed by atoms with Crippen molar-refractivity contribution in [2.45, 2.75) is 19.8 Å². The summed E-state index contributed by atoms with van der Waals surface area (Å²) in [5, 5.41) is 4.11. The maximum atomic E-state index is 5.94. The normalized spacial score (nSPS) is 12.3. The van der Waals surface area contributed by atoms with E-state index in [0.29, 0.717) is 5.92 Å². The highest BCUT2D eigenvalue weighted by Crippen LogP contribution is 2.17. The van der Waals surface area contributed by atoms with Gasteiger partial charge in [-0.2, -0.15) is 0 Å². The van der Waals surface area contributed by atoms with Crippen LogP contribution in [0.15, 0.2) is 48.5 Å². The molecule has 0 aliphatic rings. The van der Waals surface area contributed by atoms with Gasteiger partial charge in [-0.3, -0.25) is 0 Å². The third-order valence-corrected chi connectivity index (χ3v) is 3.83. The lowest BCUT2D eigenvalue weighted by atomic mass is 9.92. The van der Waals surface area contributed by atoms with Gasteiger partial charge in [-0.15, -0.1) is 0 Å². The first kappa shape index (κ1) is 15.1. The van der Waals surface area contributed by atoms with Crippen LogP contribution >= 0.6 is 11.6 Å². The summed E-state index contributed by atoms with van der Waals surface area (Å²) >= 11 is 5.94. The average Bonchev–Trinajstić information content (AvgIpc) is 2.44. The summed E-state index contributed by atoms with van der Waals surface area (Å²) in [6.45, 7) is 3.15. The second-order valence-corrected chi connectivity index (χ2v) is 5.88. The molecule has 1 N–H and O–H groups in total. The molecule has 0 aliphatic carbocycles. The van der Waals surface area contributed by atoms with E-state index in [4.69, 9.17) is 11.6 Å². The third-order valence-electron chi connectivity index (χ3n) is 3.58. The Labute approximate surface area is 127 Å². The lowest BCUT2D eigenvalue weighted by molar-refractivity contribution is 0.493. The standard InChI is InChI=1S/C18H22ClN/c1-14-3-5-15(6-4-14)11-17(13-20-2)12-16-7-9-18(19)10-8-16/h3-10,17,20H,11-13H2,1-2H3. The van der Waals surface area contributed by atoms with Crippen LogP contribution in [0.1, 0.15) is 16.7 Å². The van der Waals surface area contributed by atoms with E-state index < -0.39 is 0 Å². The molecule has 0 aliphatic heterocycles. The third kappa shape index (κ3) is 4.66. The number of rotatable bonds is 6. The summed E-state index contributed by atoms with van der Waals surface area (Å²) in [6.07, 6.45) is 2.18. The van der Waals surface area contributed by atoms with Crippen molar-refractivity contribution in [3.63, 3.8) is 0 Å². The van der Waals surface area contributed by atoms with Crippen molar-refractivity contribution in [3.8, 4) is 0 Å². The predicted octanol–water partition coefficient (Wildman–Crippen LogP) is 4.27. The second-order valence-electron chi connectivity index (χ2n) is 5.44. The van der Waals surface area contributed by atoms with Crippen LogP contribution in [-0.2, 0) is 12.8 Å². The van der Waals surface area contributed by atoms with Gasteiger partial charge in [0, 0.05) is 5.02 Å². The molecule has 20 heavy (non-hydrogen) atoms. The number of aryl methyl sites for hydroxylation is 1. The maximum absolute atomic E-state index is 5.94. The van der Waals surface area contributed by atoms with E-state index in [-0.39, 0.29) is 0 Å². The SMILES string of the molecule is CNCC(Cc1ccc(C)cc1)Cc1ccc(Cl)cc1. The monoisotopic (exact) mass is 287 g/mol. The van der Waals surface area contributed by atoms with Crippen LogP contribution in [0.2, 0.25) is 5.02 Å². The number of benzene rings is 2. The van der Waals surface area contributed by atoms with E-state index in [0.717, 1.165) is 24.4 Å². The fourth-order valence-electron chi connectivity index (χ4n) is 2.52. The van der Waals surface area contributed by atoms with Crippen molar-refractivity contribution >= 4 is 11.6 Å². The molecule has 106 valence electrons. The summed E-state index contributed by atoms with van der Waals surface area (Å²) in [6, 6.07) is 17.0. The van der Waals surface area contributed by atoms with Crippen LogP contribution in [0.25, 0.3) is 0 Å². The Hall–Kier alpha value is -1.31. The van der Waals surface area contributed by atoms with E-state index in [1.54, 1.807) is 0 Å². The first-order valence-corrected chi connectivity index (χ1v) is 7.50. The highest BCUT2D eigenvalue weighted by Gasteiger charge is 2.10. The minimum Gasteiger partial charge on any atom is -0.319 e. The molecule has 0 bridgehead atoms. The number of hydrogen-bond donors (Lipinski definition) is 1. The van der Waals surface area contributed by atoms with Gasteiger partial charge in [-0.25, -0.2) is 0 Å².